The topological polar surface area (TPSA) is 75.2 Å². The predicted molar refractivity (Wildman–Crippen MR) is 103 cm³/mol. The second kappa shape index (κ2) is 8.40. The van der Waals surface area contributed by atoms with E-state index in [0.29, 0.717) is 0 Å². The molecule has 0 bridgehead atoms. The lowest BCUT2D eigenvalue weighted by Gasteiger charge is -2.36. The summed E-state index contributed by atoms with van der Waals surface area (Å²) in [5.41, 5.74) is 0.627. The van der Waals surface area contributed by atoms with Crippen LogP contribution in [0.25, 0.3) is 0 Å². The molecule has 0 unspecified atom stereocenters. The molecule has 1 aromatic carbocycles. The molecule has 0 aliphatic carbocycles. The van der Waals surface area contributed by atoms with Crippen molar-refractivity contribution in [2.24, 2.45) is 0 Å². The molecule has 0 spiro atoms. The van der Waals surface area contributed by atoms with Gasteiger partial charge in [-0.15, -0.1) is 5.10 Å². The van der Waals surface area contributed by atoms with Gasteiger partial charge >= 0.3 is 0 Å². The van der Waals surface area contributed by atoms with Gasteiger partial charge in [0.25, 0.3) is 5.91 Å². The Labute approximate surface area is 158 Å². The Morgan fingerprint density at radius 1 is 1.23 bits per heavy atom. The van der Waals surface area contributed by atoms with Crippen LogP contribution >= 0.6 is 11.5 Å². The van der Waals surface area contributed by atoms with E-state index in [1.54, 1.807) is 10.3 Å². The first-order valence-electron chi connectivity index (χ1n) is 8.71. The number of hydrogen-bond acceptors (Lipinski definition) is 5. The molecule has 0 radical (unpaired) electrons. The summed E-state index contributed by atoms with van der Waals surface area (Å²) >= 11 is 1.12. The summed E-state index contributed by atoms with van der Waals surface area (Å²) in [6, 6.07) is 8.50. The van der Waals surface area contributed by atoms with E-state index >= 15 is 0 Å². The zero-order valence-corrected chi connectivity index (χ0v) is 16.7. The van der Waals surface area contributed by atoms with Crippen LogP contribution in [0.4, 0.5) is 0 Å². The van der Waals surface area contributed by atoms with Crippen molar-refractivity contribution in [3.63, 3.8) is 0 Å². The minimum atomic E-state index is -0.737. The van der Waals surface area contributed by atoms with Crippen LogP contribution < -0.4 is 5.32 Å². The zero-order chi connectivity index (χ0) is 19.3. The number of nitrogens with one attached hydrogen (secondary N) is 1. The summed E-state index contributed by atoms with van der Waals surface area (Å²) in [7, 11) is 0. The van der Waals surface area contributed by atoms with Crippen molar-refractivity contribution < 1.29 is 9.59 Å². The fraction of sp³-hybridized carbons (Fsp3) is 0.474. The van der Waals surface area contributed by atoms with Gasteiger partial charge in [-0.3, -0.25) is 9.59 Å². The lowest BCUT2D eigenvalue weighted by atomic mass is 9.99. The van der Waals surface area contributed by atoms with Crippen LogP contribution in [0, 0.1) is 0 Å². The van der Waals surface area contributed by atoms with E-state index in [1.165, 1.54) is 0 Å². The van der Waals surface area contributed by atoms with Crippen LogP contribution in [0.1, 0.15) is 63.1 Å². The highest BCUT2D eigenvalue weighted by molar-refractivity contribution is 7.03. The van der Waals surface area contributed by atoms with Gasteiger partial charge in [0.2, 0.25) is 5.91 Å². The van der Waals surface area contributed by atoms with Crippen molar-refractivity contribution >= 4 is 23.3 Å². The fourth-order valence-corrected chi connectivity index (χ4v) is 3.10. The lowest BCUT2D eigenvalue weighted by molar-refractivity contribution is -0.128. The Bertz CT molecular complexity index is 726. The predicted octanol–water partition coefficient (Wildman–Crippen LogP) is 3.43. The first-order valence-corrected chi connectivity index (χ1v) is 9.55. The maximum atomic E-state index is 13.2. The molecule has 1 aromatic heterocycles. The largest absolute Gasteiger partial charge is 0.349 e. The lowest BCUT2D eigenvalue weighted by Crippen LogP contribution is -2.51. The molecule has 0 fully saturated rings. The van der Waals surface area contributed by atoms with Gasteiger partial charge in [0.15, 0.2) is 5.69 Å². The van der Waals surface area contributed by atoms with Crippen LogP contribution in [0.2, 0.25) is 0 Å². The molecule has 1 N–H and O–H groups in total. The van der Waals surface area contributed by atoms with E-state index in [4.69, 9.17) is 0 Å². The molecule has 140 valence electrons. The summed E-state index contributed by atoms with van der Waals surface area (Å²) in [4.78, 5) is 27.9. The third-order valence-electron chi connectivity index (χ3n) is 4.02. The Kier molecular flexibility index (Phi) is 6.47. The first kappa shape index (κ1) is 20.0. The number of carbonyl (C=O) groups excluding carboxylic acids is 2. The normalized spacial score (nSPS) is 13.7. The number of hydrogen-bond donors (Lipinski definition) is 1. The van der Waals surface area contributed by atoms with Crippen LogP contribution in [0.15, 0.2) is 35.7 Å². The van der Waals surface area contributed by atoms with Gasteiger partial charge in [0, 0.05) is 17.0 Å². The van der Waals surface area contributed by atoms with Gasteiger partial charge in [-0.1, -0.05) is 41.7 Å². The van der Waals surface area contributed by atoms with Crippen molar-refractivity contribution in [1.29, 1.82) is 0 Å². The molecule has 1 heterocycles. The highest BCUT2D eigenvalue weighted by Crippen LogP contribution is 2.27. The molecular weight excluding hydrogens is 348 g/mol. The summed E-state index contributed by atoms with van der Waals surface area (Å²) in [5, 5.41) is 8.53. The van der Waals surface area contributed by atoms with Gasteiger partial charge in [-0.2, -0.15) is 0 Å². The maximum absolute atomic E-state index is 13.2. The van der Waals surface area contributed by atoms with Crippen molar-refractivity contribution in [3.05, 3.63) is 47.0 Å². The van der Waals surface area contributed by atoms with Gasteiger partial charge in [0.05, 0.1) is 0 Å². The standard InChI is InChI=1S/C19H26N4O2S/c1-6-13(2)23(18(25)15-12-26-22-21-15)16(14-10-8-7-9-11-14)17(24)20-19(3,4)5/h7-13,16H,6H2,1-5H3,(H,20,24)/t13-,16+/m1/s1. The average molecular weight is 375 g/mol. The Morgan fingerprint density at radius 2 is 1.88 bits per heavy atom. The molecule has 2 rings (SSSR count). The van der Waals surface area contributed by atoms with Gasteiger partial charge in [-0.25, -0.2) is 0 Å². The van der Waals surface area contributed by atoms with Crippen molar-refractivity contribution in [1.82, 2.24) is 19.8 Å². The average Bonchev–Trinajstić information content (AvgIpc) is 3.12. The molecular formula is C19H26N4O2S. The Hall–Kier alpha value is -2.28. The number of nitrogens with zero attached hydrogens (tertiary/aromatic N) is 3. The fourth-order valence-electron chi connectivity index (χ4n) is 2.67. The van der Waals surface area contributed by atoms with Crippen molar-refractivity contribution in [2.75, 3.05) is 0 Å². The summed E-state index contributed by atoms with van der Waals surface area (Å²) in [6.45, 7) is 9.71. The van der Waals surface area contributed by atoms with Crippen LogP contribution in [0.3, 0.4) is 0 Å². The van der Waals surface area contributed by atoms with Crippen LogP contribution in [0.5, 0.6) is 0 Å². The molecule has 7 heteroatoms. The minimum Gasteiger partial charge on any atom is -0.349 e. The third kappa shape index (κ3) is 4.88. The first-order chi connectivity index (χ1) is 12.2. The number of carbonyl (C=O) groups is 2. The zero-order valence-electron chi connectivity index (χ0n) is 15.9. The molecule has 0 aliphatic heterocycles. The van der Waals surface area contributed by atoms with E-state index in [1.807, 2.05) is 65.0 Å². The molecule has 2 amide bonds. The summed E-state index contributed by atoms with van der Waals surface area (Å²) in [6.07, 6.45) is 0.718. The van der Waals surface area contributed by atoms with Crippen LogP contribution in [-0.4, -0.2) is 37.9 Å². The van der Waals surface area contributed by atoms with Crippen molar-refractivity contribution in [3.8, 4) is 0 Å². The summed E-state index contributed by atoms with van der Waals surface area (Å²) in [5.74, 6) is -0.494. The Morgan fingerprint density at radius 3 is 2.38 bits per heavy atom. The van der Waals surface area contributed by atoms with Crippen molar-refractivity contribution in [2.45, 2.75) is 58.7 Å². The molecule has 2 aromatic rings. The molecule has 26 heavy (non-hydrogen) atoms. The Balaban J connectivity index is 2.51. The van der Waals surface area contributed by atoms with E-state index in [-0.39, 0.29) is 23.6 Å². The molecule has 2 atom stereocenters. The van der Waals surface area contributed by atoms with Gasteiger partial charge < -0.3 is 10.2 Å². The number of benzene rings is 1. The highest BCUT2D eigenvalue weighted by Gasteiger charge is 2.36. The van der Waals surface area contributed by atoms with E-state index in [0.717, 1.165) is 23.5 Å². The summed E-state index contributed by atoms with van der Waals surface area (Å²) < 4.78 is 3.79. The van der Waals surface area contributed by atoms with E-state index < -0.39 is 11.6 Å². The van der Waals surface area contributed by atoms with Gasteiger partial charge in [0.1, 0.15) is 6.04 Å². The maximum Gasteiger partial charge on any atom is 0.276 e. The molecule has 0 aliphatic rings. The SMILES string of the molecule is CC[C@@H](C)N(C(=O)c1csnn1)[C@H](C(=O)NC(C)(C)C)c1ccccc1. The molecule has 6 nitrogen and oxygen atoms in total. The minimum absolute atomic E-state index is 0.139. The van der Waals surface area contributed by atoms with E-state index in [9.17, 15) is 9.59 Å². The molecule has 0 saturated heterocycles. The monoisotopic (exact) mass is 374 g/mol. The van der Waals surface area contributed by atoms with Crippen LogP contribution in [-0.2, 0) is 4.79 Å². The second-order valence-corrected chi connectivity index (χ2v) is 7.92. The smallest absolute Gasteiger partial charge is 0.276 e. The number of amides is 2. The van der Waals surface area contributed by atoms with Gasteiger partial charge in [-0.05, 0) is 51.2 Å². The highest BCUT2D eigenvalue weighted by atomic mass is 32.1. The number of rotatable bonds is 6. The quantitative estimate of drug-likeness (QED) is 0.840. The molecule has 0 saturated carbocycles. The van der Waals surface area contributed by atoms with E-state index in [2.05, 4.69) is 14.9 Å². The third-order valence-corrected chi connectivity index (χ3v) is 4.52. The number of aromatic nitrogens is 2. The second-order valence-electron chi connectivity index (χ2n) is 7.31.